The van der Waals surface area contributed by atoms with E-state index in [1.807, 2.05) is 25.2 Å². The van der Waals surface area contributed by atoms with Crippen molar-refractivity contribution in [1.82, 2.24) is 5.32 Å². The first kappa shape index (κ1) is 14.3. The summed E-state index contributed by atoms with van der Waals surface area (Å²) in [5, 5.41) is 3.15. The number of ether oxygens (including phenoxy) is 2. The molecule has 0 aromatic heterocycles. The second-order valence-electron chi connectivity index (χ2n) is 3.95. The number of nitrogens with one attached hydrogen (secondary N) is 1. The van der Waals surface area contributed by atoms with Gasteiger partial charge in [-0.1, -0.05) is 30.9 Å². The van der Waals surface area contributed by atoms with Crippen LogP contribution in [0.1, 0.15) is 12.5 Å². The fourth-order valence-electron chi connectivity index (χ4n) is 1.41. The van der Waals surface area contributed by atoms with Crippen LogP contribution >= 0.6 is 0 Å². The van der Waals surface area contributed by atoms with E-state index in [0.29, 0.717) is 12.6 Å². The van der Waals surface area contributed by atoms with Crippen LogP contribution < -0.4 is 14.8 Å². The molecule has 0 radical (unpaired) electrons. The number of likely N-dealkylation sites (N-methyl/N-ethyl adjacent to an activating group) is 1. The molecule has 0 bridgehead atoms. The van der Waals surface area contributed by atoms with E-state index in [4.69, 9.17) is 9.47 Å². The largest absolute Gasteiger partial charge is 0.493 e. The molecule has 1 unspecified atom stereocenters. The fraction of sp³-hybridized carbons (Fsp3) is 0.333. The van der Waals surface area contributed by atoms with E-state index in [2.05, 4.69) is 31.0 Å². The van der Waals surface area contributed by atoms with Gasteiger partial charge in [-0.2, -0.15) is 0 Å². The molecule has 0 aliphatic heterocycles. The molecule has 0 fully saturated rings. The van der Waals surface area contributed by atoms with Gasteiger partial charge in [-0.25, -0.2) is 0 Å². The van der Waals surface area contributed by atoms with E-state index in [-0.39, 0.29) is 0 Å². The summed E-state index contributed by atoms with van der Waals surface area (Å²) in [4.78, 5) is 0. The SMILES string of the molecule is C=CCOc1ccc(/C=C/C(C)NC)cc1OC. The lowest BCUT2D eigenvalue weighted by Gasteiger charge is -2.10. The van der Waals surface area contributed by atoms with Crippen molar-refractivity contribution in [2.75, 3.05) is 20.8 Å². The Morgan fingerprint density at radius 3 is 2.78 bits per heavy atom. The van der Waals surface area contributed by atoms with Crippen molar-refractivity contribution in [3.8, 4) is 11.5 Å². The Kier molecular flexibility index (Phi) is 6.01. The van der Waals surface area contributed by atoms with Crippen molar-refractivity contribution >= 4 is 6.08 Å². The average Bonchev–Trinajstić information content (AvgIpc) is 2.42. The zero-order valence-corrected chi connectivity index (χ0v) is 11.3. The normalized spacial score (nSPS) is 12.4. The van der Waals surface area contributed by atoms with Crippen LogP contribution in [0.15, 0.2) is 36.9 Å². The Balaban J connectivity index is 2.84. The summed E-state index contributed by atoms with van der Waals surface area (Å²) in [6.45, 7) is 6.19. The number of hydrogen-bond acceptors (Lipinski definition) is 3. The highest BCUT2D eigenvalue weighted by molar-refractivity contribution is 5.56. The third-order valence-electron chi connectivity index (χ3n) is 2.58. The van der Waals surface area contributed by atoms with Crippen molar-refractivity contribution in [2.24, 2.45) is 0 Å². The molecule has 98 valence electrons. The van der Waals surface area contributed by atoms with Gasteiger partial charge in [0.2, 0.25) is 0 Å². The zero-order chi connectivity index (χ0) is 13.4. The molecule has 0 amide bonds. The molecular weight excluding hydrogens is 226 g/mol. The summed E-state index contributed by atoms with van der Waals surface area (Å²) in [6.07, 6.45) is 5.86. The van der Waals surface area contributed by atoms with E-state index in [1.54, 1.807) is 13.2 Å². The lowest BCUT2D eigenvalue weighted by atomic mass is 10.1. The van der Waals surface area contributed by atoms with Crippen LogP contribution in [0.5, 0.6) is 11.5 Å². The molecule has 3 heteroatoms. The summed E-state index contributed by atoms with van der Waals surface area (Å²) in [5.74, 6) is 1.47. The molecule has 1 aromatic rings. The maximum absolute atomic E-state index is 5.50. The highest BCUT2D eigenvalue weighted by atomic mass is 16.5. The molecule has 0 aliphatic rings. The van der Waals surface area contributed by atoms with Gasteiger partial charge >= 0.3 is 0 Å². The maximum atomic E-state index is 5.50. The molecule has 1 aromatic carbocycles. The molecule has 0 saturated carbocycles. The van der Waals surface area contributed by atoms with Crippen LogP contribution in [-0.4, -0.2) is 26.8 Å². The summed E-state index contributed by atoms with van der Waals surface area (Å²) >= 11 is 0. The molecule has 0 saturated heterocycles. The standard InChI is InChI=1S/C15H21NO2/c1-5-10-18-14-9-8-13(11-15(14)17-4)7-6-12(2)16-3/h5-9,11-12,16H,1,10H2,2-4H3/b7-6+. The Morgan fingerprint density at radius 2 is 2.17 bits per heavy atom. The van der Waals surface area contributed by atoms with Crippen LogP contribution in [0.3, 0.4) is 0 Å². The molecule has 0 aliphatic carbocycles. The van der Waals surface area contributed by atoms with Gasteiger partial charge in [0.25, 0.3) is 0 Å². The lowest BCUT2D eigenvalue weighted by molar-refractivity contribution is 0.326. The second kappa shape index (κ2) is 7.56. The number of benzene rings is 1. The van der Waals surface area contributed by atoms with Gasteiger partial charge in [-0.3, -0.25) is 0 Å². The molecule has 0 spiro atoms. The van der Waals surface area contributed by atoms with E-state index < -0.39 is 0 Å². The maximum Gasteiger partial charge on any atom is 0.161 e. The molecule has 1 rings (SSSR count). The lowest BCUT2D eigenvalue weighted by Crippen LogP contribution is -2.17. The Bertz CT molecular complexity index is 413. The quantitative estimate of drug-likeness (QED) is 0.752. The molecule has 0 heterocycles. The molecule has 1 N–H and O–H groups in total. The van der Waals surface area contributed by atoms with E-state index in [0.717, 1.165) is 17.1 Å². The molecule has 18 heavy (non-hydrogen) atoms. The topological polar surface area (TPSA) is 30.5 Å². The molecule has 1 atom stereocenters. The average molecular weight is 247 g/mol. The van der Waals surface area contributed by atoms with Crippen molar-refractivity contribution in [3.05, 3.63) is 42.5 Å². The van der Waals surface area contributed by atoms with Crippen molar-refractivity contribution in [2.45, 2.75) is 13.0 Å². The highest BCUT2D eigenvalue weighted by Crippen LogP contribution is 2.28. The van der Waals surface area contributed by atoms with E-state index in [1.165, 1.54) is 0 Å². The molecule has 3 nitrogen and oxygen atoms in total. The number of hydrogen-bond donors (Lipinski definition) is 1. The number of methoxy groups -OCH3 is 1. The van der Waals surface area contributed by atoms with Gasteiger partial charge in [-0.05, 0) is 31.7 Å². The van der Waals surface area contributed by atoms with Gasteiger partial charge in [0.05, 0.1) is 7.11 Å². The number of rotatable bonds is 7. The zero-order valence-electron chi connectivity index (χ0n) is 11.3. The minimum absolute atomic E-state index is 0.340. The highest BCUT2D eigenvalue weighted by Gasteiger charge is 2.03. The third kappa shape index (κ3) is 4.26. The third-order valence-corrected chi connectivity index (χ3v) is 2.58. The van der Waals surface area contributed by atoms with Crippen molar-refractivity contribution in [1.29, 1.82) is 0 Å². The first-order valence-electron chi connectivity index (χ1n) is 5.98. The van der Waals surface area contributed by atoms with Gasteiger partial charge in [0, 0.05) is 6.04 Å². The summed E-state index contributed by atoms with van der Waals surface area (Å²) in [6, 6.07) is 6.20. The summed E-state index contributed by atoms with van der Waals surface area (Å²) in [5.41, 5.74) is 1.08. The van der Waals surface area contributed by atoms with Gasteiger partial charge in [0.15, 0.2) is 11.5 Å². The smallest absolute Gasteiger partial charge is 0.161 e. The van der Waals surface area contributed by atoms with E-state index >= 15 is 0 Å². The van der Waals surface area contributed by atoms with Crippen molar-refractivity contribution < 1.29 is 9.47 Å². The first-order valence-corrected chi connectivity index (χ1v) is 5.98. The minimum Gasteiger partial charge on any atom is -0.493 e. The van der Waals surface area contributed by atoms with E-state index in [9.17, 15) is 0 Å². The molecular formula is C15H21NO2. The first-order chi connectivity index (χ1) is 8.71. The van der Waals surface area contributed by atoms with Crippen LogP contribution in [0, 0.1) is 0 Å². The van der Waals surface area contributed by atoms with Gasteiger partial charge in [-0.15, -0.1) is 0 Å². The predicted octanol–water partition coefficient (Wildman–Crippen LogP) is 2.88. The van der Waals surface area contributed by atoms with Gasteiger partial charge in [0.1, 0.15) is 6.61 Å². The minimum atomic E-state index is 0.340. The Hall–Kier alpha value is -1.74. The van der Waals surface area contributed by atoms with Crippen LogP contribution in [0.25, 0.3) is 6.08 Å². The van der Waals surface area contributed by atoms with Crippen LogP contribution in [0.4, 0.5) is 0 Å². The van der Waals surface area contributed by atoms with Crippen LogP contribution in [-0.2, 0) is 0 Å². The predicted molar refractivity (Wildman–Crippen MR) is 76.2 cm³/mol. The Labute approximate surface area is 109 Å². The Morgan fingerprint density at radius 1 is 1.39 bits per heavy atom. The fourth-order valence-corrected chi connectivity index (χ4v) is 1.41. The van der Waals surface area contributed by atoms with Crippen LogP contribution in [0.2, 0.25) is 0 Å². The second-order valence-corrected chi connectivity index (χ2v) is 3.95. The van der Waals surface area contributed by atoms with Gasteiger partial charge < -0.3 is 14.8 Å². The summed E-state index contributed by atoms with van der Waals surface area (Å²) in [7, 11) is 3.57. The van der Waals surface area contributed by atoms with Crippen molar-refractivity contribution in [3.63, 3.8) is 0 Å². The monoisotopic (exact) mass is 247 g/mol. The summed E-state index contributed by atoms with van der Waals surface area (Å²) < 4.78 is 10.8.